The molecule has 6 heteroatoms. The van der Waals surface area contributed by atoms with Crippen LogP contribution in [0.15, 0.2) is 18.2 Å². The largest absolute Gasteiger partial charge is 0.493 e. The van der Waals surface area contributed by atoms with Gasteiger partial charge in [-0.05, 0) is 56.2 Å². The zero-order valence-electron chi connectivity index (χ0n) is 14.5. The number of hydrogen-bond acceptors (Lipinski definition) is 4. The molecule has 0 bridgehead atoms. The molecule has 2 aliphatic carbocycles. The van der Waals surface area contributed by atoms with Crippen molar-refractivity contribution in [2.24, 2.45) is 11.8 Å². The van der Waals surface area contributed by atoms with E-state index in [4.69, 9.17) is 14.6 Å². The lowest BCUT2D eigenvalue weighted by atomic mass is 9.73. The maximum Gasteiger partial charge on any atom is 0.307 e. The second kappa shape index (κ2) is 7.76. The van der Waals surface area contributed by atoms with E-state index in [0.29, 0.717) is 30.9 Å². The first kappa shape index (κ1) is 17.6. The summed E-state index contributed by atoms with van der Waals surface area (Å²) >= 11 is 0. The molecule has 2 fully saturated rings. The molecular weight excluding hydrogens is 322 g/mol. The van der Waals surface area contributed by atoms with E-state index in [0.717, 1.165) is 18.4 Å². The van der Waals surface area contributed by atoms with Crippen molar-refractivity contribution >= 4 is 11.9 Å². The van der Waals surface area contributed by atoms with Crippen LogP contribution in [0, 0.1) is 11.8 Å². The fourth-order valence-corrected chi connectivity index (χ4v) is 3.54. The van der Waals surface area contributed by atoms with E-state index in [1.165, 1.54) is 12.8 Å². The molecule has 2 N–H and O–H groups in total. The molecule has 0 aromatic heterocycles. The number of nitrogens with one attached hydrogen (secondary N) is 1. The number of aliphatic carboxylic acids is 1. The average molecular weight is 347 g/mol. The highest BCUT2D eigenvalue weighted by atomic mass is 16.5. The Balaban J connectivity index is 1.60. The van der Waals surface area contributed by atoms with E-state index in [2.05, 4.69) is 5.32 Å². The van der Waals surface area contributed by atoms with Crippen molar-refractivity contribution in [2.75, 3.05) is 7.11 Å². The van der Waals surface area contributed by atoms with Crippen molar-refractivity contribution in [1.29, 1.82) is 0 Å². The first-order valence-electron chi connectivity index (χ1n) is 8.92. The van der Waals surface area contributed by atoms with Crippen molar-refractivity contribution in [3.05, 3.63) is 23.8 Å². The fourth-order valence-electron chi connectivity index (χ4n) is 3.54. The molecular formula is C19H25NO5. The maximum atomic E-state index is 12.2. The molecule has 2 aliphatic rings. The quantitative estimate of drug-likeness (QED) is 0.792. The molecule has 0 saturated heterocycles. The number of carbonyl (C=O) groups excluding carboxylic acids is 1. The van der Waals surface area contributed by atoms with Gasteiger partial charge in [0.2, 0.25) is 5.91 Å². The van der Waals surface area contributed by atoms with Crippen molar-refractivity contribution in [2.45, 2.75) is 51.2 Å². The first-order chi connectivity index (χ1) is 12.1. The molecule has 2 unspecified atom stereocenters. The minimum atomic E-state index is -0.886. The van der Waals surface area contributed by atoms with Crippen LogP contribution in [-0.2, 0) is 16.1 Å². The minimum Gasteiger partial charge on any atom is -0.493 e. The molecule has 2 atom stereocenters. The van der Waals surface area contributed by atoms with Crippen LogP contribution < -0.4 is 14.8 Å². The van der Waals surface area contributed by atoms with E-state index in [9.17, 15) is 9.59 Å². The number of carbonyl (C=O) groups is 2. The van der Waals surface area contributed by atoms with E-state index >= 15 is 0 Å². The van der Waals surface area contributed by atoms with E-state index in [1.807, 2.05) is 18.2 Å². The Morgan fingerprint density at radius 2 is 1.84 bits per heavy atom. The predicted octanol–water partition coefficient (Wildman–Crippen LogP) is 2.74. The summed E-state index contributed by atoms with van der Waals surface area (Å²) in [4.78, 5) is 23.2. The van der Waals surface area contributed by atoms with Crippen molar-refractivity contribution in [1.82, 2.24) is 5.32 Å². The van der Waals surface area contributed by atoms with Crippen LogP contribution >= 0.6 is 0 Å². The van der Waals surface area contributed by atoms with Crippen LogP contribution in [0.3, 0.4) is 0 Å². The summed E-state index contributed by atoms with van der Waals surface area (Å²) < 4.78 is 11.4. The molecule has 2 saturated carbocycles. The van der Waals surface area contributed by atoms with Crippen LogP contribution in [0.5, 0.6) is 11.5 Å². The number of hydrogen-bond donors (Lipinski definition) is 2. The summed E-state index contributed by atoms with van der Waals surface area (Å²) in [5, 5.41) is 11.9. The molecule has 1 aromatic carbocycles. The summed E-state index contributed by atoms with van der Waals surface area (Å²) in [5.74, 6) is -0.641. The maximum absolute atomic E-state index is 12.2. The summed E-state index contributed by atoms with van der Waals surface area (Å²) in [5.41, 5.74) is 0.911. The first-order valence-corrected chi connectivity index (χ1v) is 8.92. The highest BCUT2D eigenvalue weighted by molar-refractivity contribution is 5.86. The van der Waals surface area contributed by atoms with Crippen LogP contribution in [0.25, 0.3) is 0 Å². The number of methoxy groups -OCH3 is 1. The van der Waals surface area contributed by atoms with Gasteiger partial charge >= 0.3 is 5.97 Å². The summed E-state index contributed by atoms with van der Waals surface area (Å²) in [6, 6.07) is 5.62. The zero-order valence-corrected chi connectivity index (χ0v) is 14.5. The molecule has 136 valence electrons. The van der Waals surface area contributed by atoms with Crippen molar-refractivity contribution in [3.8, 4) is 11.5 Å². The lowest BCUT2D eigenvalue weighted by Crippen LogP contribution is -2.43. The second-order valence-corrected chi connectivity index (χ2v) is 6.86. The van der Waals surface area contributed by atoms with Gasteiger partial charge in [0.1, 0.15) is 0 Å². The number of ether oxygens (including phenoxy) is 2. The van der Waals surface area contributed by atoms with Crippen molar-refractivity contribution < 1.29 is 24.2 Å². The number of carboxylic acids is 1. The van der Waals surface area contributed by atoms with Gasteiger partial charge in [0.15, 0.2) is 11.5 Å². The Morgan fingerprint density at radius 1 is 1.12 bits per heavy atom. The SMILES string of the molecule is COc1ccc(CNC(=O)C2CCC2C(=O)O)cc1OC1CCCC1. The monoisotopic (exact) mass is 347 g/mol. The number of amides is 1. The molecule has 1 amide bonds. The van der Waals surface area contributed by atoms with Gasteiger partial charge in [0.25, 0.3) is 0 Å². The molecule has 0 spiro atoms. The number of benzene rings is 1. The highest BCUT2D eigenvalue weighted by Gasteiger charge is 2.41. The lowest BCUT2D eigenvalue weighted by Gasteiger charge is -2.31. The third-order valence-corrected chi connectivity index (χ3v) is 5.22. The molecule has 25 heavy (non-hydrogen) atoms. The van der Waals surface area contributed by atoms with Crippen LogP contribution in [0.4, 0.5) is 0 Å². The third kappa shape index (κ3) is 4.06. The van der Waals surface area contributed by atoms with Gasteiger partial charge in [-0.15, -0.1) is 0 Å². The number of rotatable bonds is 7. The van der Waals surface area contributed by atoms with E-state index in [1.54, 1.807) is 7.11 Å². The summed E-state index contributed by atoms with van der Waals surface area (Å²) in [7, 11) is 1.61. The Bertz CT molecular complexity index is 639. The van der Waals surface area contributed by atoms with E-state index < -0.39 is 17.8 Å². The second-order valence-electron chi connectivity index (χ2n) is 6.86. The molecule has 3 rings (SSSR count). The molecule has 0 aliphatic heterocycles. The topological polar surface area (TPSA) is 84.9 Å². The summed E-state index contributed by atoms with van der Waals surface area (Å²) in [6.07, 6.45) is 5.94. The number of carboxylic acid groups (broad SMARTS) is 1. The zero-order chi connectivity index (χ0) is 17.8. The normalized spacial score (nSPS) is 22.9. The standard InChI is InChI=1S/C19H25NO5/c1-24-16-9-6-12(10-17(16)25-13-4-2-3-5-13)11-20-18(21)14-7-8-15(14)19(22)23/h6,9-10,13-15H,2-5,7-8,11H2,1H3,(H,20,21)(H,22,23). The van der Waals surface area contributed by atoms with Gasteiger partial charge in [-0.25, -0.2) is 0 Å². The predicted molar refractivity (Wildman–Crippen MR) is 91.6 cm³/mol. The Hall–Kier alpha value is -2.24. The van der Waals surface area contributed by atoms with Gasteiger partial charge in [-0.1, -0.05) is 6.07 Å². The smallest absolute Gasteiger partial charge is 0.307 e. The molecule has 6 nitrogen and oxygen atoms in total. The Morgan fingerprint density at radius 3 is 2.44 bits per heavy atom. The van der Waals surface area contributed by atoms with Crippen LogP contribution in [-0.4, -0.2) is 30.2 Å². The molecule has 1 aromatic rings. The van der Waals surface area contributed by atoms with Crippen LogP contribution in [0.1, 0.15) is 44.1 Å². The van der Waals surface area contributed by atoms with Gasteiger partial charge < -0.3 is 19.9 Å². The minimum absolute atomic E-state index is 0.187. The van der Waals surface area contributed by atoms with Gasteiger partial charge in [-0.2, -0.15) is 0 Å². The Kier molecular flexibility index (Phi) is 5.46. The van der Waals surface area contributed by atoms with Gasteiger partial charge in [-0.3, -0.25) is 9.59 Å². The summed E-state index contributed by atoms with van der Waals surface area (Å²) in [6.45, 7) is 0.354. The Labute approximate surface area is 147 Å². The lowest BCUT2D eigenvalue weighted by molar-refractivity contribution is -0.152. The van der Waals surface area contributed by atoms with Gasteiger partial charge in [0, 0.05) is 6.54 Å². The van der Waals surface area contributed by atoms with E-state index in [-0.39, 0.29) is 12.0 Å². The van der Waals surface area contributed by atoms with Crippen molar-refractivity contribution in [3.63, 3.8) is 0 Å². The van der Waals surface area contributed by atoms with Crippen LogP contribution in [0.2, 0.25) is 0 Å². The third-order valence-electron chi connectivity index (χ3n) is 5.22. The molecule has 0 heterocycles. The average Bonchev–Trinajstić information content (AvgIpc) is 3.04. The fraction of sp³-hybridized carbons (Fsp3) is 0.579. The van der Waals surface area contributed by atoms with Gasteiger partial charge in [0.05, 0.1) is 25.0 Å². The molecule has 0 radical (unpaired) electrons. The highest BCUT2D eigenvalue weighted by Crippen LogP contribution is 2.35.